The molecule has 156 valence electrons. The molecule has 0 aliphatic carbocycles. The Morgan fingerprint density at radius 3 is 1.82 bits per heavy atom. The quantitative estimate of drug-likeness (QED) is 0.437. The number of alkyl halides is 6. The van der Waals surface area contributed by atoms with Crippen LogP contribution in [0.4, 0.5) is 17.6 Å². The number of benzene rings is 1. The number of imidazole rings is 1. The van der Waals surface area contributed by atoms with Gasteiger partial charge in [0.05, 0.1) is 21.3 Å². The van der Waals surface area contributed by atoms with Gasteiger partial charge in [-0.25, -0.2) is 21.8 Å². The van der Waals surface area contributed by atoms with E-state index >= 15 is 0 Å². The van der Waals surface area contributed by atoms with Crippen LogP contribution < -0.4 is 0 Å². The van der Waals surface area contributed by atoms with Crippen molar-refractivity contribution in [2.75, 3.05) is 6.26 Å². The summed E-state index contributed by atoms with van der Waals surface area (Å²) in [5.41, 5.74) is -1.79. The third-order valence-corrected chi connectivity index (χ3v) is 7.62. The second kappa shape index (κ2) is 7.17. The van der Waals surface area contributed by atoms with Crippen molar-refractivity contribution in [1.82, 2.24) is 9.55 Å². The predicted octanol–water partition coefficient (Wildman–Crippen LogP) is 4.43. The van der Waals surface area contributed by atoms with Crippen molar-refractivity contribution in [3.63, 3.8) is 0 Å². The first-order valence-electron chi connectivity index (χ1n) is 6.54. The summed E-state index contributed by atoms with van der Waals surface area (Å²) in [5, 5.41) is -3.91. The molecule has 0 aliphatic rings. The highest BCUT2D eigenvalue weighted by molar-refractivity contribution is 7.96. The zero-order valence-corrected chi connectivity index (χ0v) is 17.8. The molecule has 0 unspecified atom stereocenters. The number of aromatic nitrogens is 2. The van der Waals surface area contributed by atoms with Gasteiger partial charge in [-0.15, -0.1) is 0 Å². The molecule has 0 saturated carbocycles. The largest absolute Gasteiger partial charge is 0.416 e. The van der Waals surface area contributed by atoms with E-state index in [0.29, 0.717) is 29.3 Å². The van der Waals surface area contributed by atoms with Gasteiger partial charge in [0.2, 0.25) is 0 Å². The Morgan fingerprint density at radius 2 is 1.46 bits per heavy atom. The third-order valence-electron chi connectivity index (χ3n) is 3.19. The lowest BCUT2D eigenvalue weighted by Crippen LogP contribution is -2.24. The minimum atomic E-state index is -5.35. The Labute approximate surface area is 175 Å². The van der Waals surface area contributed by atoms with Gasteiger partial charge >= 0.3 is 10.1 Å². The molecule has 16 heteroatoms. The molecule has 0 bridgehead atoms. The van der Waals surface area contributed by atoms with Crippen LogP contribution in [-0.4, -0.2) is 36.6 Å². The fourth-order valence-corrected chi connectivity index (χ4v) is 5.56. The van der Waals surface area contributed by atoms with Gasteiger partial charge in [0, 0.05) is 6.26 Å². The average Bonchev–Trinajstić information content (AvgIpc) is 2.89. The molecule has 0 radical (unpaired) electrons. The Morgan fingerprint density at radius 1 is 1.00 bits per heavy atom. The highest BCUT2D eigenvalue weighted by Gasteiger charge is 2.47. The van der Waals surface area contributed by atoms with Gasteiger partial charge in [-0.1, -0.05) is 23.2 Å². The molecule has 0 saturated heterocycles. The standard InChI is InChI=1S/C12H6Cl4F4N2O4S2/c1-27(23,24)10-9(28(25,26)12(15,16)20)21-4-22(10)8-6(13)2-5(3-7(8)14)11(17,18)19/h2-4H,1H3. The molecule has 0 atom stereocenters. The van der Waals surface area contributed by atoms with E-state index in [2.05, 4.69) is 4.98 Å². The lowest BCUT2D eigenvalue weighted by Gasteiger charge is -2.15. The van der Waals surface area contributed by atoms with E-state index in [0.717, 1.165) is 0 Å². The molecular weight excluding hydrogens is 518 g/mol. The minimum absolute atomic E-state index is 0.436. The van der Waals surface area contributed by atoms with Gasteiger partial charge in [-0.05, 0) is 35.3 Å². The fraction of sp³-hybridized carbons (Fsp3) is 0.250. The summed E-state index contributed by atoms with van der Waals surface area (Å²) < 4.78 is 97.3. The van der Waals surface area contributed by atoms with Gasteiger partial charge in [-0.2, -0.15) is 17.6 Å². The topological polar surface area (TPSA) is 86.1 Å². The Hall–Kier alpha value is -0.790. The van der Waals surface area contributed by atoms with Crippen LogP contribution in [0.25, 0.3) is 5.69 Å². The molecule has 0 fully saturated rings. The number of nitrogens with zero attached hydrogens (tertiary/aromatic N) is 2. The predicted molar refractivity (Wildman–Crippen MR) is 94.4 cm³/mol. The minimum Gasteiger partial charge on any atom is -0.286 e. The summed E-state index contributed by atoms with van der Waals surface area (Å²) in [4.78, 5) is 3.30. The summed E-state index contributed by atoms with van der Waals surface area (Å²) >= 11 is 21.5. The van der Waals surface area contributed by atoms with Crippen LogP contribution in [0, 0.1) is 0 Å². The van der Waals surface area contributed by atoms with Crippen LogP contribution in [0.2, 0.25) is 10.0 Å². The van der Waals surface area contributed by atoms with Crippen molar-refractivity contribution in [2.24, 2.45) is 0 Å². The van der Waals surface area contributed by atoms with Gasteiger partial charge in [-0.3, -0.25) is 4.57 Å². The molecule has 0 spiro atoms. The molecule has 0 aliphatic heterocycles. The van der Waals surface area contributed by atoms with E-state index in [1.807, 2.05) is 0 Å². The van der Waals surface area contributed by atoms with Gasteiger partial charge in [0.25, 0.3) is 9.84 Å². The molecule has 2 aromatic rings. The van der Waals surface area contributed by atoms with Gasteiger partial charge in [0.15, 0.2) is 19.9 Å². The van der Waals surface area contributed by atoms with Gasteiger partial charge in [0.1, 0.15) is 6.33 Å². The van der Waals surface area contributed by atoms with Crippen LogP contribution >= 0.6 is 46.4 Å². The second-order valence-corrected chi connectivity index (χ2v) is 11.6. The zero-order valence-electron chi connectivity index (χ0n) is 13.1. The van der Waals surface area contributed by atoms with Crippen molar-refractivity contribution >= 4 is 66.1 Å². The number of hydrogen-bond donors (Lipinski definition) is 0. The lowest BCUT2D eigenvalue weighted by atomic mass is 10.2. The zero-order chi connectivity index (χ0) is 21.9. The first kappa shape index (κ1) is 23.5. The second-order valence-electron chi connectivity index (χ2n) is 5.23. The number of hydrogen-bond acceptors (Lipinski definition) is 5. The number of rotatable bonds is 4. The molecule has 1 heterocycles. The number of halogens is 8. The van der Waals surface area contributed by atoms with Crippen molar-refractivity contribution in [2.45, 2.75) is 20.1 Å². The molecule has 2 rings (SSSR count). The van der Waals surface area contributed by atoms with E-state index in [1.165, 1.54) is 0 Å². The molecule has 0 N–H and O–H groups in total. The monoisotopic (exact) mass is 522 g/mol. The first-order chi connectivity index (χ1) is 12.4. The van der Waals surface area contributed by atoms with Gasteiger partial charge < -0.3 is 0 Å². The Bertz CT molecular complexity index is 1130. The van der Waals surface area contributed by atoms with Crippen LogP contribution in [0.1, 0.15) is 5.56 Å². The fourth-order valence-electron chi connectivity index (χ4n) is 2.07. The van der Waals surface area contributed by atoms with Crippen LogP contribution in [0.3, 0.4) is 0 Å². The van der Waals surface area contributed by atoms with E-state index < -0.39 is 61.1 Å². The third kappa shape index (κ3) is 4.21. The maximum absolute atomic E-state index is 13.7. The lowest BCUT2D eigenvalue weighted by molar-refractivity contribution is -0.137. The van der Waals surface area contributed by atoms with Crippen molar-refractivity contribution in [3.8, 4) is 5.69 Å². The summed E-state index contributed by atoms with van der Waals surface area (Å²) in [7, 11) is -9.83. The maximum atomic E-state index is 13.7. The smallest absolute Gasteiger partial charge is 0.286 e. The molecule has 6 nitrogen and oxygen atoms in total. The van der Waals surface area contributed by atoms with Crippen molar-refractivity contribution in [3.05, 3.63) is 34.1 Å². The average molecular weight is 524 g/mol. The van der Waals surface area contributed by atoms with Crippen molar-refractivity contribution in [1.29, 1.82) is 0 Å². The van der Waals surface area contributed by atoms with E-state index in [-0.39, 0.29) is 0 Å². The van der Waals surface area contributed by atoms with Crippen molar-refractivity contribution < 1.29 is 34.4 Å². The number of sulfone groups is 2. The Balaban J connectivity index is 2.91. The highest BCUT2D eigenvalue weighted by atomic mass is 35.5. The summed E-state index contributed by atoms with van der Waals surface area (Å²) in [6.07, 6.45) is -3.73. The van der Waals surface area contributed by atoms with E-state index in [1.54, 1.807) is 0 Å². The van der Waals surface area contributed by atoms with E-state index in [4.69, 9.17) is 46.4 Å². The summed E-state index contributed by atoms with van der Waals surface area (Å²) in [5.74, 6) is 0. The van der Waals surface area contributed by atoms with Crippen LogP contribution in [-0.2, 0) is 25.9 Å². The van der Waals surface area contributed by atoms with Crippen LogP contribution in [0.15, 0.2) is 28.5 Å². The molecule has 1 aromatic carbocycles. The van der Waals surface area contributed by atoms with E-state index in [9.17, 15) is 34.4 Å². The first-order valence-corrected chi connectivity index (χ1v) is 11.4. The Kier molecular flexibility index (Phi) is 6.01. The molecule has 0 amide bonds. The molecular formula is C12H6Cl4F4N2O4S2. The molecule has 28 heavy (non-hydrogen) atoms. The normalized spacial score (nSPS) is 13.8. The maximum Gasteiger partial charge on any atom is 0.416 e. The SMILES string of the molecule is CS(=O)(=O)c1c(S(=O)(=O)C(F)(Cl)Cl)ncn1-c1c(Cl)cc(C(F)(F)F)cc1Cl. The molecule has 1 aromatic heterocycles. The van der Waals surface area contributed by atoms with Crippen LogP contribution in [0.5, 0.6) is 0 Å². The summed E-state index contributed by atoms with van der Waals surface area (Å²) in [6, 6.07) is 0.872. The summed E-state index contributed by atoms with van der Waals surface area (Å²) in [6.45, 7) is 0. The highest BCUT2D eigenvalue weighted by Crippen LogP contribution is 2.41.